The summed E-state index contributed by atoms with van der Waals surface area (Å²) in [4.78, 5) is 12.6. The Kier molecular flexibility index (Phi) is 2.04. The van der Waals surface area contributed by atoms with Gasteiger partial charge in [-0.15, -0.1) is 11.3 Å². The largest absolute Gasteiger partial charge is 0.290 e. The van der Waals surface area contributed by atoms with Gasteiger partial charge in [0.2, 0.25) is 0 Å². The highest BCUT2D eigenvalue weighted by molar-refractivity contribution is 7.21. The van der Waals surface area contributed by atoms with E-state index in [0.29, 0.717) is 0 Å². The number of hydrogen-bond acceptors (Lipinski definition) is 2. The van der Waals surface area contributed by atoms with E-state index in [-0.39, 0.29) is 5.43 Å². The van der Waals surface area contributed by atoms with Crippen LogP contribution in [0.1, 0.15) is 5.56 Å². The second-order valence-electron chi connectivity index (χ2n) is 3.94. The number of fused-ring (bicyclic) bond motifs is 2. The predicted octanol–water partition coefficient (Wildman–Crippen LogP) is 3.67. The van der Waals surface area contributed by atoms with Gasteiger partial charge in [-0.2, -0.15) is 0 Å². The van der Waals surface area contributed by atoms with E-state index < -0.39 is 0 Å². The van der Waals surface area contributed by atoms with Gasteiger partial charge in [0.05, 0.1) is 0 Å². The third-order valence-corrected chi connectivity index (χ3v) is 3.92. The second kappa shape index (κ2) is 3.42. The molecule has 1 aromatic rings. The smallest absolute Gasteiger partial charge is 0.182 e. The summed E-state index contributed by atoms with van der Waals surface area (Å²) >= 11 is 1.67. The van der Waals surface area contributed by atoms with Gasteiger partial charge in [0, 0.05) is 15.6 Å². The second-order valence-corrected chi connectivity index (χ2v) is 5.02. The van der Waals surface area contributed by atoms with Crippen LogP contribution in [0.15, 0.2) is 47.3 Å². The first kappa shape index (κ1) is 9.55. The minimum atomic E-state index is 0.124. The van der Waals surface area contributed by atoms with Crippen molar-refractivity contribution >= 4 is 21.4 Å². The lowest BCUT2D eigenvalue weighted by molar-refractivity contribution is 1.40. The first-order chi connectivity index (χ1) is 7.74. The average molecular weight is 226 g/mol. The van der Waals surface area contributed by atoms with Crippen molar-refractivity contribution in [1.82, 2.24) is 0 Å². The highest BCUT2D eigenvalue weighted by Gasteiger charge is 2.07. The van der Waals surface area contributed by atoms with Crippen molar-refractivity contribution in [2.45, 2.75) is 6.92 Å². The molecular formula is C14H10OS. The maximum absolute atomic E-state index is 11.6. The van der Waals surface area contributed by atoms with E-state index >= 15 is 0 Å². The van der Waals surface area contributed by atoms with E-state index in [1.807, 2.05) is 25.1 Å². The van der Waals surface area contributed by atoms with Crippen LogP contribution in [-0.4, -0.2) is 0 Å². The third-order valence-electron chi connectivity index (χ3n) is 2.76. The summed E-state index contributed by atoms with van der Waals surface area (Å²) in [6.45, 7) is 1.86. The zero-order valence-corrected chi connectivity index (χ0v) is 9.67. The molecule has 0 unspecified atom stereocenters. The summed E-state index contributed by atoms with van der Waals surface area (Å²) in [6, 6.07) is 14.1. The zero-order valence-electron chi connectivity index (χ0n) is 8.86. The van der Waals surface area contributed by atoms with Gasteiger partial charge in [-0.1, -0.05) is 18.2 Å². The van der Waals surface area contributed by atoms with Crippen molar-refractivity contribution in [3.8, 4) is 10.4 Å². The number of rotatable bonds is 0. The van der Waals surface area contributed by atoms with E-state index in [1.54, 1.807) is 17.4 Å². The van der Waals surface area contributed by atoms with E-state index in [2.05, 4.69) is 18.2 Å². The molecule has 2 aliphatic rings. The van der Waals surface area contributed by atoms with Crippen molar-refractivity contribution in [1.29, 1.82) is 0 Å². The first-order valence-corrected chi connectivity index (χ1v) is 5.99. The Balaban J connectivity index is 2.48. The van der Waals surface area contributed by atoms with E-state index in [4.69, 9.17) is 0 Å². The van der Waals surface area contributed by atoms with Crippen molar-refractivity contribution in [2.75, 3.05) is 0 Å². The molecule has 0 spiro atoms. The molecule has 1 aliphatic carbocycles. The first-order valence-electron chi connectivity index (χ1n) is 5.17. The Morgan fingerprint density at radius 1 is 1.06 bits per heavy atom. The SMILES string of the molecule is Cc1cc2cc3ccccc3sc-2cc1=O. The molecule has 0 aromatic heterocycles. The minimum Gasteiger partial charge on any atom is -0.290 e. The van der Waals surface area contributed by atoms with Gasteiger partial charge in [0.25, 0.3) is 0 Å². The van der Waals surface area contributed by atoms with Crippen LogP contribution in [0.3, 0.4) is 0 Å². The molecular weight excluding hydrogens is 216 g/mol. The summed E-state index contributed by atoms with van der Waals surface area (Å²) in [7, 11) is 0. The van der Waals surface area contributed by atoms with E-state index in [0.717, 1.165) is 16.0 Å². The van der Waals surface area contributed by atoms with Crippen LogP contribution in [0.25, 0.3) is 20.5 Å². The molecule has 0 N–H and O–H groups in total. The topological polar surface area (TPSA) is 17.1 Å². The third kappa shape index (κ3) is 1.42. The van der Waals surface area contributed by atoms with Crippen LogP contribution in [0.5, 0.6) is 0 Å². The average Bonchev–Trinajstić information content (AvgIpc) is 2.28. The van der Waals surface area contributed by atoms with Gasteiger partial charge >= 0.3 is 0 Å². The van der Waals surface area contributed by atoms with Gasteiger partial charge in [-0.3, -0.25) is 4.79 Å². The quantitative estimate of drug-likeness (QED) is 0.534. The normalized spacial score (nSPS) is 11.1. The van der Waals surface area contributed by atoms with E-state index in [1.165, 1.54) is 10.1 Å². The molecule has 1 aliphatic heterocycles. The Hall–Kier alpha value is -1.67. The van der Waals surface area contributed by atoms with Crippen LogP contribution in [0, 0.1) is 6.92 Å². The highest BCUT2D eigenvalue weighted by atomic mass is 32.1. The molecule has 0 saturated heterocycles. The Bertz CT molecular complexity index is 697. The molecule has 1 aromatic carbocycles. The molecule has 0 bridgehead atoms. The molecule has 1 heterocycles. The maximum atomic E-state index is 11.6. The minimum absolute atomic E-state index is 0.124. The lowest BCUT2D eigenvalue weighted by Crippen LogP contribution is -2.03. The Morgan fingerprint density at radius 3 is 2.75 bits per heavy atom. The Labute approximate surface area is 97.3 Å². The van der Waals surface area contributed by atoms with E-state index in [9.17, 15) is 4.79 Å². The number of aryl methyl sites for hydroxylation is 1. The van der Waals surface area contributed by atoms with Crippen molar-refractivity contribution < 1.29 is 0 Å². The fourth-order valence-corrected chi connectivity index (χ4v) is 2.90. The van der Waals surface area contributed by atoms with Gasteiger partial charge in [0.15, 0.2) is 5.43 Å². The molecule has 0 atom stereocenters. The molecule has 2 heteroatoms. The van der Waals surface area contributed by atoms with Gasteiger partial charge < -0.3 is 0 Å². The number of hydrogen-bond donors (Lipinski definition) is 0. The standard InChI is InChI=1S/C14H10OS/c1-9-6-11-7-10-4-2-3-5-13(10)16-14(11)8-12(9)15/h2-8H,1H3. The van der Waals surface area contributed by atoms with Crippen molar-refractivity contribution in [2.24, 2.45) is 0 Å². The molecule has 78 valence electrons. The molecule has 0 saturated carbocycles. The van der Waals surface area contributed by atoms with Crippen LogP contribution in [-0.2, 0) is 0 Å². The zero-order chi connectivity index (χ0) is 11.1. The molecule has 3 rings (SSSR count). The van der Waals surface area contributed by atoms with Gasteiger partial charge in [-0.05, 0) is 41.6 Å². The molecule has 0 radical (unpaired) electrons. The van der Waals surface area contributed by atoms with Crippen LogP contribution in [0.4, 0.5) is 0 Å². The van der Waals surface area contributed by atoms with Crippen LogP contribution >= 0.6 is 11.3 Å². The molecule has 0 amide bonds. The fraction of sp³-hybridized carbons (Fsp3) is 0.0714. The summed E-state index contributed by atoms with van der Waals surface area (Å²) in [5.74, 6) is 0. The maximum Gasteiger partial charge on any atom is 0.182 e. The summed E-state index contributed by atoms with van der Waals surface area (Å²) in [5.41, 5.74) is 2.09. The predicted molar refractivity (Wildman–Crippen MR) is 69.5 cm³/mol. The van der Waals surface area contributed by atoms with Crippen molar-refractivity contribution in [3.05, 3.63) is 58.3 Å². The van der Waals surface area contributed by atoms with Crippen molar-refractivity contribution in [3.63, 3.8) is 0 Å². The molecule has 1 nitrogen and oxygen atoms in total. The summed E-state index contributed by atoms with van der Waals surface area (Å²) in [6.07, 6.45) is 0. The van der Waals surface area contributed by atoms with Crippen LogP contribution < -0.4 is 5.43 Å². The summed E-state index contributed by atoms with van der Waals surface area (Å²) in [5, 5.41) is 1.23. The highest BCUT2D eigenvalue weighted by Crippen LogP contribution is 2.32. The fourth-order valence-electron chi connectivity index (χ4n) is 1.87. The Morgan fingerprint density at radius 2 is 1.88 bits per heavy atom. The monoisotopic (exact) mass is 226 g/mol. The van der Waals surface area contributed by atoms with Crippen LogP contribution in [0.2, 0.25) is 0 Å². The van der Waals surface area contributed by atoms with Gasteiger partial charge in [0.1, 0.15) is 0 Å². The lowest BCUT2D eigenvalue weighted by Gasteiger charge is -2.07. The summed E-state index contributed by atoms with van der Waals surface area (Å²) < 4.78 is 1.22. The lowest BCUT2D eigenvalue weighted by atomic mass is 10.1. The van der Waals surface area contributed by atoms with Gasteiger partial charge in [-0.25, -0.2) is 0 Å². The number of benzene rings is 2. The molecule has 0 fully saturated rings. The molecule has 16 heavy (non-hydrogen) atoms.